The Hall–Kier alpha value is -3.48. The third-order valence-corrected chi connectivity index (χ3v) is 4.88. The number of hydrogen-bond donors (Lipinski definition) is 0. The maximum Gasteiger partial charge on any atom is 0.306 e. The zero-order valence-electron chi connectivity index (χ0n) is 16.7. The van der Waals surface area contributed by atoms with Gasteiger partial charge in [-0.1, -0.05) is 30.3 Å². The average Bonchev–Trinajstić information content (AvgIpc) is 3.00. The number of aryl methyl sites for hydroxylation is 1. The molecule has 0 radical (unpaired) electrons. The summed E-state index contributed by atoms with van der Waals surface area (Å²) in [4.78, 5) is 22.8. The molecule has 0 aliphatic carbocycles. The number of nitro benzene ring substituents is 1. The van der Waals surface area contributed by atoms with Crippen LogP contribution < -0.4 is 0 Å². The number of nitrogens with zero attached hydrogens (tertiary/aromatic N) is 3. The first-order chi connectivity index (χ1) is 13.9. The first kappa shape index (κ1) is 20.3. The Morgan fingerprint density at radius 1 is 1.17 bits per heavy atom. The highest BCUT2D eigenvalue weighted by molar-refractivity contribution is 5.70. The number of rotatable bonds is 7. The molecule has 0 fully saturated rings. The highest BCUT2D eigenvalue weighted by Crippen LogP contribution is 2.23. The number of aromatic nitrogens is 2. The lowest BCUT2D eigenvalue weighted by Gasteiger charge is -2.13. The molecular formula is C22H23N3O4. The normalized spacial score (nSPS) is 11.8. The standard InChI is InChI=1S/C22H23N3O4/c1-15-21(16(2)24(23-15)19-9-5-4-6-10-19)12-13-22(26)29-17(3)18-8-7-11-20(14-18)25(27)28/h4-11,14,17H,12-13H2,1-3H3/t17-/m1/s1. The van der Waals surface area contributed by atoms with Crippen LogP contribution in [0.4, 0.5) is 5.69 Å². The van der Waals surface area contributed by atoms with Gasteiger partial charge < -0.3 is 4.74 Å². The Balaban J connectivity index is 1.65. The summed E-state index contributed by atoms with van der Waals surface area (Å²) >= 11 is 0. The molecule has 1 atom stereocenters. The first-order valence-electron chi connectivity index (χ1n) is 9.41. The van der Waals surface area contributed by atoms with E-state index < -0.39 is 11.0 Å². The molecule has 3 rings (SSSR count). The van der Waals surface area contributed by atoms with Gasteiger partial charge in [0.25, 0.3) is 5.69 Å². The molecule has 7 heteroatoms. The molecule has 0 aliphatic heterocycles. The fourth-order valence-electron chi connectivity index (χ4n) is 3.30. The molecule has 0 N–H and O–H groups in total. The quantitative estimate of drug-likeness (QED) is 0.332. The molecular weight excluding hydrogens is 370 g/mol. The van der Waals surface area contributed by atoms with Crippen LogP contribution >= 0.6 is 0 Å². The van der Waals surface area contributed by atoms with Crippen molar-refractivity contribution < 1.29 is 14.5 Å². The number of carbonyl (C=O) groups is 1. The van der Waals surface area contributed by atoms with Crippen LogP contribution in [0.25, 0.3) is 5.69 Å². The largest absolute Gasteiger partial charge is 0.458 e. The summed E-state index contributed by atoms with van der Waals surface area (Å²) in [6.07, 6.45) is 0.170. The molecule has 0 saturated heterocycles. The highest BCUT2D eigenvalue weighted by atomic mass is 16.6. The number of carbonyl (C=O) groups excluding carboxylic acids is 1. The van der Waals surface area contributed by atoms with E-state index in [9.17, 15) is 14.9 Å². The van der Waals surface area contributed by atoms with E-state index in [2.05, 4.69) is 5.10 Å². The maximum atomic E-state index is 12.3. The summed E-state index contributed by atoms with van der Waals surface area (Å²) in [6, 6.07) is 16.0. The predicted molar refractivity (Wildman–Crippen MR) is 109 cm³/mol. The van der Waals surface area contributed by atoms with Gasteiger partial charge in [-0.3, -0.25) is 14.9 Å². The van der Waals surface area contributed by atoms with Crippen molar-refractivity contribution in [2.24, 2.45) is 0 Å². The summed E-state index contributed by atoms with van der Waals surface area (Å²) in [5.41, 5.74) is 4.44. The van der Waals surface area contributed by atoms with Gasteiger partial charge in [0.2, 0.25) is 0 Å². The maximum absolute atomic E-state index is 12.3. The Morgan fingerprint density at radius 2 is 1.90 bits per heavy atom. The minimum absolute atomic E-state index is 0.0232. The Bertz CT molecular complexity index is 1030. The number of hydrogen-bond acceptors (Lipinski definition) is 5. The average molecular weight is 393 g/mol. The number of nitro groups is 1. The molecule has 0 saturated carbocycles. The minimum atomic E-state index is -0.559. The molecule has 0 spiro atoms. The van der Waals surface area contributed by atoms with E-state index in [1.807, 2.05) is 48.9 Å². The number of benzene rings is 2. The van der Waals surface area contributed by atoms with Gasteiger partial charge in [0, 0.05) is 24.2 Å². The first-order valence-corrected chi connectivity index (χ1v) is 9.41. The molecule has 2 aromatic carbocycles. The molecule has 3 aromatic rings. The van der Waals surface area contributed by atoms with Crippen molar-refractivity contribution >= 4 is 11.7 Å². The van der Waals surface area contributed by atoms with Crippen LogP contribution in [0.15, 0.2) is 54.6 Å². The minimum Gasteiger partial charge on any atom is -0.458 e. The van der Waals surface area contributed by atoms with Crippen LogP contribution in [0.5, 0.6) is 0 Å². The SMILES string of the molecule is Cc1nn(-c2ccccc2)c(C)c1CCC(=O)O[C@H](C)c1cccc([N+](=O)[O-])c1. The second-order valence-corrected chi connectivity index (χ2v) is 6.88. The van der Waals surface area contributed by atoms with Gasteiger partial charge in [0.05, 0.1) is 16.3 Å². The van der Waals surface area contributed by atoms with Crippen molar-refractivity contribution in [2.45, 2.75) is 39.7 Å². The summed E-state index contributed by atoms with van der Waals surface area (Å²) in [5.74, 6) is -0.352. The monoisotopic (exact) mass is 393 g/mol. The van der Waals surface area contributed by atoms with Crippen molar-refractivity contribution in [2.75, 3.05) is 0 Å². The number of esters is 1. The second-order valence-electron chi connectivity index (χ2n) is 6.88. The summed E-state index contributed by atoms with van der Waals surface area (Å²) in [6.45, 7) is 5.62. The summed E-state index contributed by atoms with van der Waals surface area (Å²) in [5, 5.41) is 15.5. The van der Waals surface area contributed by atoms with Gasteiger partial charge in [0.1, 0.15) is 6.10 Å². The highest BCUT2D eigenvalue weighted by Gasteiger charge is 2.17. The van der Waals surface area contributed by atoms with Crippen molar-refractivity contribution in [1.29, 1.82) is 0 Å². The van der Waals surface area contributed by atoms with Crippen LogP contribution in [0.3, 0.4) is 0 Å². The molecule has 0 amide bonds. The zero-order chi connectivity index (χ0) is 21.0. The van der Waals surface area contributed by atoms with Crippen LogP contribution in [0.1, 0.15) is 42.0 Å². The predicted octanol–water partition coefficient (Wildman–Crippen LogP) is 4.63. The molecule has 1 heterocycles. The molecule has 29 heavy (non-hydrogen) atoms. The topological polar surface area (TPSA) is 87.3 Å². The van der Waals surface area contributed by atoms with Crippen molar-refractivity contribution in [3.63, 3.8) is 0 Å². The second kappa shape index (κ2) is 8.68. The fourth-order valence-corrected chi connectivity index (χ4v) is 3.30. The van der Waals surface area contributed by atoms with Crippen molar-refractivity contribution in [1.82, 2.24) is 9.78 Å². The van der Waals surface area contributed by atoms with E-state index in [4.69, 9.17) is 4.74 Å². The lowest BCUT2D eigenvalue weighted by atomic mass is 10.1. The van der Waals surface area contributed by atoms with Gasteiger partial charge >= 0.3 is 5.97 Å². The van der Waals surface area contributed by atoms with E-state index in [1.54, 1.807) is 19.1 Å². The fraction of sp³-hybridized carbons (Fsp3) is 0.273. The third kappa shape index (κ3) is 4.68. The lowest BCUT2D eigenvalue weighted by molar-refractivity contribution is -0.385. The zero-order valence-corrected chi connectivity index (χ0v) is 16.7. The van der Waals surface area contributed by atoms with Crippen molar-refractivity contribution in [3.05, 3.63) is 87.2 Å². The summed E-state index contributed by atoms with van der Waals surface area (Å²) < 4.78 is 7.35. The van der Waals surface area contributed by atoms with Crippen LogP contribution in [-0.4, -0.2) is 20.7 Å². The van der Waals surface area contributed by atoms with Gasteiger partial charge in [-0.05, 0) is 50.5 Å². The van der Waals surface area contributed by atoms with Gasteiger partial charge in [-0.15, -0.1) is 0 Å². The van der Waals surface area contributed by atoms with Crippen molar-refractivity contribution in [3.8, 4) is 5.69 Å². The van der Waals surface area contributed by atoms with Gasteiger partial charge in [-0.25, -0.2) is 4.68 Å². The molecule has 0 unspecified atom stereocenters. The van der Waals surface area contributed by atoms with Gasteiger partial charge in [0.15, 0.2) is 0 Å². The van der Waals surface area contributed by atoms with E-state index in [0.717, 1.165) is 22.6 Å². The van der Waals surface area contributed by atoms with Crippen LogP contribution in [-0.2, 0) is 16.0 Å². The number of ether oxygens (including phenoxy) is 1. The molecule has 0 bridgehead atoms. The molecule has 0 aliphatic rings. The van der Waals surface area contributed by atoms with E-state index >= 15 is 0 Å². The van der Waals surface area contributed by atoms with E-state index in [-0.39, 0.29) is 18.1 Å². The Morgan fingerprint density at radius 3 is 2.59 bits per heavy atom. The van der Waals surface area contributed by atoms with E-state index in [0.29, 0.717) is 12.0 Å². The molecule has 150 valence electrons. The third-order valence-electron chi connectivity index (χ3n) is 4.88. The van der Waals surface area contributed by atoms with Gasteiger partial charge in [-0.2, -0.15) is 5.10 Å². The molecule has 1 aromatic heterocycles. The van der Waals surface area contributed by atoms with Crippen LogP contribution in [0.2, 0.25) is 0 Å². The number of para-hydroxylation sites is 1. The Labute approximate surface area is 169 Å². The van der Waals surface area contributed by atoms with Crippen LogP contribution in [0, 0.1) is 24.0 Å². The lowest BCUT2D eigenvalue weighted by Crippen LogP contribution is -2.10. The smallest absolute Gasteiger partial charge is 0.306 e. The summed E-state index contributed by atoms with van der Waals surface area (Å²) in [7, 11) is 0. The Kier molecular flexibility index (Phi) is 6.07. The number of non-ortho nitro benzene ring substituents is 1. The molecule has 7 nitrogen and oxygen atoms in total. The van der Waals surface area contributed by atoms with E-state index in [1.165, 1.54) is 12.1 Å².